The summed E-state index contributed by atoms with van der Waals surface area (Å²) in [6.07, 6.45) is 2.49. The van der Waals surface area contributed by atoms with Crippen LogP contribution in [0.4, 0.5) is 4.39 Å². The molecule has 0 saturated carbocycles. The fraction of sp³-hybridized carbons (Fsp3) is 0.250. The Morgan fingerprint density at radius 2 is 2.35 bits per heavy atom. The molecule has 0 amide bonds. The average Bonchev–Trinajstić information content (AvgIpc) is 2.82. The van der Waals surface area contributed by atoms with E-state index in [0.29, 0.717) is 6.42 Å². The number of nitrogens with zero attached hydrogens (tertiary/aromatic N) is 1. The number of benzene rings is 1. The van der Waals surface area contributed by atoms with Crippen LogP contribution in [0.2, 0.25) is 0 Å². The molecular weight excluding hydrogens is 239 g/mol. The standard InChI is InChI=1S/C12H13FN2OS/c1-16-12-4-8(2-3-10(12)13)11(14)5-9-6-15-7-17-9/h2-4,6-7,11H,5,14H2,1H3. The van der Waals surface area contributed by atoms with Gasteiger partial charge in [0.2, 0.25) is 0 Å². The molecule has 5 heteroatoms. The van der Waals surface area contributed by atoms with Gasteiger partial charge in [-0.1, -0.05) is 6.07 Å². The molecule has 2 N–H and O–H groups in total. The van der Waals surface area contributed by atoms with E-state index in [-0.39, 0.29) is 17.6 Å². The maximum atomic E-state index is 13.2. The first-order valence-corrected chi connectivity index (χ1v) is 6.05. The van der Waals surface area contributed by atoms with E-state index in [0.717, 1.165) is 10.4 Å². The minimum absolute atomic E-state index is 0.176. The van der Waals surface area contributed by atoms with Crippen molar-refractivity contribution in [2.24, 2.45) is 5.73 Å². The second-order valence-electron chi connectivity index (χ2n) is 3.67. The third kappa shape index (κ3) is 2.81. The van der Waals surface area contributed by atoms with Gasteiger partial charge in [0, 0.05) is 23.5 Å². The van der Waals surface area contributed by atoms with Gasteiger partial charge in [-0.15, -0.1) is 11.3 Å². The Bertz CT molecular complexity index is 487. The van der Waals surface area contributed by atoms with Crippen LogP contribution in [-0.4, -0.2) is 12.1 Å². The van der Waals surface area contributed by atoms with Gasteiger partial charge in [0.1, 0.15) is 0 Å². The molecule has 0 fully saturated rings. The first kappa shape index (κ1) is 12.0. The van der Waals surface area contributed by atoms with Crippen LogP contribution in [0.15, 0.2) is 29.9 Å². The maximum absolute atomic E-state index is 13.2. The number of nitrogens with two attached hydrogens (primary N) is 1. The number of halogens is 1. The highest BCUT2D eigenvalue weighted by molar-refractivity contribution is 7.09. The molecule has 0 radical (unpaired) electrons. The van der Waals surface area contributed by atoms with E-state index in [1.165, 1.54) is 13.2 Å². The fourth-order valence-electron chi connectivity index (χ4n) is 1.58. The summed E-state index contributed by atoms with van der Waals surface area (Å²) >= 11 is 1.56. The predicted molar refractivity (Wildman–Crippen MR) is 65.7 cm³/mol. The zero-order chi connectivity index (χ0) is 12.3. The smallest absolute Gasteiger partial charge is 0.165 e. The summed E-state index contributed by atoms with van der Waals surface area (Å²) < 4.78 is 18.2. The Hall–Kier alpha value is -1.46. The van der Waals surface area contributed by atoms with Crippen LogP contribution in [0.5, 0.6) is 5.75 Å². The van der Waals surface area contributed by atoms with Crippen molar-refractivity contribution in [1.82, 2.24) is 4.98 Å². The van der Waals surface area contributed by atoms with Crippen LogP contribution in [-0.2, 0) is 6.42 Å². The molecule has 17 heavy (non-hydrogen) atoms. The Labute approximate surface area is 103 Å². The summed E-state index contributed by atoms with van der Waals surface area (Å²) in [5.41, 5.74) is 8.69. The second kappa shape index (κ2) is 5.25. The van der Waals surface area contributed by atoms with Crippen molar-refractivity contribution in [3.8, 4) is 5.75 Å². The minimum Gasteiger partial charge on any atom is -0.494 e. The molecule has 1 heterocycles. The monoisotopic (exact) mass is 252 g/mol. The van der Waals surface area contributed by atoms with Crippen molar-refractivity contribution in [1.29, 1.82) is 0 Å². The molecule has 1 aromatic carbocycles. The van der Waals surface area contributed by atoms with E-state index in [4.69, 9.17) is 10.5 Å². The van der Waals surface area contributed by atoms with Crippen LogP contribution in [0.25, 0.3) is 0 Å². The SMILES string of the molecule is COc1cc(C(N)Cc2cncs2)ccc1F. The quantitative estimate of drug-likeness (QED) is 0.909. The minimum atomic E-state index is -0.374. The van der Waals surface area contributed by atoms with Crippen LogP contribution in [0, 0.1) is 5.82 Å². The molecule has 1 unspecified atom stereocenters. The van der Waals surface area contributed by atoms with Gasteiger partial charge in [0.15, 0.2) is 11.6 Å². The molecule has 0 aliphatic heterocycles. The number of ether oxygens (including phenoxy) is 1. The lowest BCUT2D eigenvalue weighted by atomic mass is 10.0. The highest BCUT2D eigenvalue weighted by Crippen LogP contribution is 2.24. The van der Waals surface area contributed by atoms with Crippen molar-refractivity contribution < 1.29 is 9.13 Å². The largest absolute Gasteiger partial charge is 0.494 e. The third-order valence-corrected chi connectivity index (χ3v) is 3.31. The van der Waals surface area contributed by atoms with E-state index in [1.807, 2.05) is 0 Å². The van der Waals surface area contributed by atoms with Gasteiger partial charge < -0.3 is 10.5 Å². The average molecular weight is 252 g/mol. The molecule has 0 aliphatic rings. The van der Waals surface area contributed by atoms with Crippen molar-refractivity contribution in [3.05, 3.63) is 46.2 Å². The van der Waals surface area contributed by atoms with Crippen molar-refractivity contribution in [2.75, 3.05) is 7.11 Å². The molecule has 0 spiro atoms. The summed E-state index contributed by atoms with van der Waals surface area (Å²) in [4.78, 5) is 5.11. The molecule has 0 aliphatic carbocycles. The topological polar surface area (TPSA) is 48.1 Å². The Kier molecular flexibility index (Phi) is 3.71. The summed E-state index contributed by atoms with van der Waals surface area (Å²) in [5, 5.41) is 0. The highest BCUT2D eigenvalue weighted by atomic mass is 32.1. The first-order chi connectivity index (χ1) is 8.20. The lowest BCUT2D eigenvalue weighted by Gasteiger charge is -2.12. The molecule has 90 valence electrons. The van der Waals surface area contributed by atoms with Crippen molar-refractivity contribution >= 4 is 11.3 Å². The summed E-state index contributed by atoms with van der Waals surface area (Å²) in [6, 6.07) is 4.52. The van der Waals surface area contributed by atoms with Crippen molar-refractivity contribution in [2.45, 2.75) is 12.5 Å². The predicted octanol–water partition coefficient (Wildman–Crippen LogP) is 2.53. The second-order valence-corrected chi connectivity index (χ2v) is 4.64. The lowest BCUT2D eigenvalue weighted by molar-refractivity contribution is 0.385. The zero-order valence-electron chi connectivity index (χ0n) is 9.39. The van der Waals surface area contributed by atoms with E-state index in [1.54, 1.807) is 35.2 Å². The normalized spacial score (nSPS) is 12.4. The van der Waals surface area contributed by atoms with E-state index in [9.17, 15) is 4.39 Å². The third-order valence-electron chi connectivity index (χ3n) is 2.51. The summed E-state index contributed by atoms with van der Waals surface area (Å²) in [7, 11) is 1.44. The van der Waals surface area contributed by atoms with Gasteiger partial charge in [0.05, 0.1) is 12.6 Å². The summed E-state index contributed by atoms with van der Waals surface area (Å²) in [5.74, 6) is -0.150. The molecule has 3 nitrogen and oxygen atoms in total. The van der Waals surface area contributed by atoms with Crippen LogP contribution < -0.4 is 10.5 Å². The zero-order valence-corrected chi connectivity index (χ0v) is 10.2. The first-order valence-electron chi connectivity index (χ1n) is 5.17. The molecule has 2 rings (SSSR count). The molecular formula is C12H13FN2OS. The van der Waals surface area contributed by atoms with Gasteiger partial charge in [-0.2, -0.15) is 0 Å². The van der Waals surface area contributed by atoms with Crippen LogP contribution in [0.3, 0.4) is 0 Å². The number of thiazole rings is 1. The number of aromatic nitrogens is 1. The maximum Gasteiger partial charge on any atom is 0.165 e. The van der Waals surface area contributed by atoms with Gasteiger partial charge >= 0.3 is 0 Å². The molecule has 0 bridgehead atoms. The van der Waals surface area contributed by atoms with Crippen molar-refractivity contribution in [3.63, 3.8) is 0 Å². The molecule has 1 atom stereocenters. The van der Waals surface area contributed by atoms with Gasteiger partial charge in [-0.25, -0.2) is 4.39 Å². The van der Waals surface area contributed by atoms with Crippen LogP contribution in [0.1, 0.15) is 16.5 Å². The van der Waals surface area contributed by atoms with E-state index < -0.39 is 0 Å². The van der Waals surface area contributed by atoms with Gasteiger partial charge in [-0.05, 0) is 17.7 Å². The van der Waals surface area contributed by atoms with E-state index >= 15 is 0 Å². The number of methoxy groups -OCH3 is 1. The number of hydrogen-bond acceptors (Lipinski definition) is 4. The molecule has 2 aromatic rings. The molecule has 1 aromatic heterocycles. The Morgan fingerprint density at radius 1 is 1.53 bits per heavy atom. The van der Waals surface area contributed by atoms with Crippen LogP contribution >= 0.6 is 11.3 Å². The highest BCUT2D eigenvalue weighted by Gasteiger charge is 2.11. The lowest BCUT2D eigenvalue weighted by Crippen LogP contribution is -2.13. The van der Waals surface area contributed by atoms with Gasteiger partial charge in [0.25, 0.3) is 0 Å². The molecule has 0 saturated heterocycles. The van der Waals surface area contributed by atoms with Gasteiger partial charge in [-0.3, -0.25) is 4.98 Å². The van der Waals surface area contributed by atoms with E-state index in [2.05, 4.69) is 4.98 Å². The fourth-order valence-corrected chi connectivity index (χ4v) is 2.24. The summed E-state index contributed by atoms with van der Waals surface area (Å²) in [6.45, 7) is 0. The number of rotatable bonds is 4. The Balaban J connectivity index is 2.16. The Morgan fingerprint density at radius 3 is 3.00 bits per heavy atom. The number of hydrogen-bond donors (Lipinski definition) is 1.